The second kappa shape index (κ2) is 12.3. The Hall–Kier alpha value is -1.47. The quantitative estimate of drug-likeness (QED) is 0.117. The van der Waals surface area contributed by atoms with Gasteiger partial charge in [-0.1, -0.05) is 0 Å². The van der Waals surface area contributed by atoms with Crippen molar-refractivity contribution in [1.29, 1.82) is 0 Å². The van der Waals surface area contributed by atoms with Crippen LogP contribution in [-0.2, 0) is 23.1 Å². The van der Waals surface area contributed by atoms with Gasteiger partial charge in [-0.3, -0.25) is 0 Å². The van der Waals surface area contributed by atoms with Gasteiger partial charge in [-0.25, -0.2) is 0 Å². The van der Waals surface area contributed by atoms with Gasteiger partial charge in [0, 0.05) is 14.2 Å². The van der Waals surface area contributed by atoms with E-state index in [2.05, 4.69) is 16.5 Å². The number of rotatable bonds is 5. The molecule has 0 unspecified atom stereocenters. The molecule has 0 aliphatic rings. The van der Waals surface area contributed by atoms with E-state index in [-0.39, 0.29) is 0 Å². The first-order chi connectivity index (χ1) is 15.2. The SMILES string of the molecule is COCCOC.Fc1c(F)c(F)c([N]=[Mo]([Cl])([Cl])=[N]c2c(F)c(F)c(F)c(F)c2F)c(F)c1F. The van der Waals surface area contributed by atoms with Crippen LogP contribution in [0.1, 0.15) is 0 Å². The molecule has 2 aromatic rings. The number of nitrogens with zero attached hydrogens (tertiary/aromatic N) is 2. The first kappa shape index (κ1) is 29.6. The Labute approximate surface area is 189 Å². The number of hydrogen-bond donors (Lipinski definition) is 0. The van der Waals surface area contributed by atoms with Crippen LogP contribution in [0, 0.1) is 58.2 Å². The summed E-state index contributed by atoms with van der Waals surface area (Å²) >= 11 is -5.73. The molecule has 2 aromatic carbocycles. The zero-order valence-corrected chi connectivity index (χ0v) is 19.6. The van der Waals surface area contributed by atoms with Crippen LogP contribution in [0.25, 0.3) is 0 Å². The Morgan fingerprint density at radius 1 is 0.515 bits per heavy atom. The predicted octanol–water partition coefficient (Wildman–Crippen LogP) is 7.15. The van der Waals surface area contributed by atoms with Crippen molar-refractivity contribution in [3.63, 3.8) is 0 Å². The average molecular weight is 619 g/mol. The molecule has 0 N–H and O–H groups in total. The summed E-state index contributed by atoms with van der Waals surface area (Å²) in [5, 5.41) is 0. The molecule has 0 fully saturated rings. The van der Waals surface area contributed by atoms with E-state index < -0.39 is 83.2 Å². The van der Waals surface area contributed by atoms with Crippen LogP contribution in [-0.4, -0.2) is 27.4 Å². The fourth-order valence-corrected chi connectivity index (χ4v) is 5.35. The fraction of sp³-hybridized carbons (Fsp3) is 0.250. The summed E-state index contributed by atoms with van der Waals surface area (Å²) in [5.74, 6) is -24.8. The van der Waals surface area contributed by atoms with Crippen molar-refractivity contribution in [2.75, 3.05) is 27.4 Å². The summed E-state index contributed by atoms with van der Waals surface area (Å²) in [5.41, 5.74) is -3.82. The van der Waals surface area contributed by atoms with E-state index in [4.69, 9.17) is 18.8 Å². The number of halogens is 12. The van der Waals surface area contributed by atoms with Crippen molar-refractivity contribution < 1.29 is 67.0 Å². The minimum absolute atomic E-state index is 0.691. The van der Waals surface area contributed by atoms with Gasteiger partial charge in [0.15, 0.2) is 0 Å². The molecule has 33 heavy (non-hydrogen) atoms. The molecule has 0 aliphatic heterocycles. The molecule has 0 saturated heterocycles. The predicted molar refractivity (Wildman–Crippen MR) is 92.1 cm³/mol. The minimum atomic E-state index is -5.73. The zero-order chi connectivity index (χ0) is 25.7. The number of hydrogen-bond acceptors (Lipinski definition) is 4. The number of methoxy groups -OCH3 is 2. The van der Waals surface area contributed by atoms with Gasteiger partial charge >= 0.3 is 153 Å². The molecule has 17 heteroatoms. The van der Waals surface area contributed by atoms with E-state index in [9.17, 15) is 43.9 Å². The molecule has 0 radical (unpaired) electrons. The van der Waals surface area contributed by atoms with Crippen molar-refractivity contribution in [2.45, 2.75) is 0 Å². The molecule has 0 saturated carbocycles. The molecular formula is C16H10Cl2F10MoN2O2. The summed E-state index contributed by atoms with van der Waals surface area (Å²) in [7, 11) is 14.2. The van der Waals surface area contributed by atoms with Crippen molar-refractivity contribution in [1.82, 2.24) is 0 Å². The Morgan fingerprint density at radius 2 is 0.727 bits per heavy atom. The van der Waals surface area contributed by atoms with Crippen LogP contribution in [0.4, 0.5) is 55.3 Å². The van der Waals surface area contributed by atoms with Crippen LogP contribution < -0.4 is 0 Å². The molecule has 0 amide bonds. The van der Waals surface area contributed by atoms with E-state index in [0.717, 1.165) is 0 Å². The summed E-state index contributed by atoms with van der Waals surface area (Å²) < 4.78 is 147. The van der Waals surface area contributed by atoms with Gasteiger partial charge in [-0.2, -0.15) is 0 Å². The third-order valence-corrected chi connectivity index (χ3v) is 6.88. The van der Waals surface area contributed by atoms with E-state index in [1.807, 2.05) is 0 Å². The number of benzene rings is 2. The molecule has 0 aromatic heterocycles. The standard InChI is InChI=1S/2C6F5N.C4H10O2.2ClH.Mo/c2*7-1-2(8)4(10)6(12)5(11)3(1)9;1-5-3-4-6-2;;;/h;;3-4H2,1-2H3;2*1H;/q;;;;;+2/p-2. The van der Waals surface area contributed by atoms with E-state index >= 15 is 0 Å². The van der Waals surface area contributed by atoms with E-state index in [1.54, 1.807) is 14.2 Å². The molecule has 2 rings (SSSR count). The molecule has 4 nitrogen and oxygen atoms in total. The summed E-state index contributed by atoms with van der Waals surface area (Å²) in [4.78, 5) is 0. The topological polar surface area (TPSA) is 43.2 Å². The molecule has 186 valence electrons. The third kappa shape index (κ3) is 7.01. The summed E-state index contributed by atoms with van der Waals surface area (Å²) in [6.07, 6.45) is 0. The van der Waals surface area contributed by atoms with Gasteiger partial charge in [0.05, 0.1) is 13.2 Å². The Balaban J connectivity index is 0.000000801. The van der Waals surface area contributed by atoms with Crippen molar-refractivity contribution in [3.05, 3.63) is 58.2 Å². The fourth-order valence-electron chi connectivity index (χ4n) is 1.75. The first-order valence-electron chi connectivity index (χ1n) is 7.90. The van der Waals surface area contributed by atoms with Crippen LogP contribution >= 0.6 is 18.8 Å². The summed E-state index contributed by atoms with van der Waals surface area (Å²) in [6, 6.07) is 0. The van der Waals surface area contributed by atoms with Gasteiger partial charge in [0.25, 0.3) is 0 Å². The van der Waals surface area contributed by atoms with Gasteiger partial charge in [0.1, 0.15) is 0 Å². The molecule has 0 bridgehead atoms. The maximum atomic E-state index is 13.6. The second-order valence-electron chi connectivity index (χ2n) is 5.42. The first-order valence-corrected chi connectivity index (χ1v) is 14.9. The maximum absolute atomic E-state index is 13.6. The second-order valence-corrected chi connectivity index (χ2v) is 14.4. The van der Waals surface area contributed by atoms with Crippen molar-refractivity contribution in [2.24, 2.45) is 6.99 Å². The molecule has 0 spiro atoms. The third-order valence-electron chi connectivity index (χ3n) is 3.27. The van der Waals surface area contributed by atoms with Crippen LogP contribution in [0.15, 0.2) is 6.99 Å². The molecule has 0 aliphatic carbocycles. The van der Waals surface area contributed by atoms with Crippen LogP contribution in [0.5, 0.6) is 0 Å². The Bertz CT molecular complexity index is 1020. The van der Waals surface area contributed by atoms with Crippen molar-refractivity contribution in [3.8, 4) is 0 Å². The van der Waals surface area contributed by atoms with E-state index in [0.29, 0.717) is 13.2 Å². The zero-order valence-electron chi connectivity index (χ0n) is 16.1. The number of ether oxygens (including phenoxy) is 2. The molecule has 0 heterocycles. The van der Waals surface area contributed by atoms with Gasteiger partial charge in [0.2, 0.25) is 0 Å². The average Bonchev–Trinajstić information content (AvgIpc) is 2.78. The van der Waals surface area contributed by atoms with Crippen LogP contribution in [0.2, 0.25) is 0 Å². The summed E-state index contributed by atoms with van der Waals surface area (Å²) in [6.45, 7) is 1.38. The molecule has 0 atom stereocenters. The monoisotopic (exact) mass is 620 g/mol. The molecular weight excluding hydrogens is 609 g/mol. The van der Waals surface area contributed by atoms with Crippen LogP contribution in [0.3, 0.4) is 0 Å². The van der Waals surface area contributed by atoms with Gasteiger partial charge in [-0.15, -0.1) is 0 Å². The Kier molecular flexibility index (Phi) is 11.0. The van der Waals surface area contributed by atoms with Gasteiger partial charge in [-0.05, 0) is 0 Å². The Morgan fingerprint density at radius 3 is 0.939 bits per heavy atom. The van der Waals surface area contributed by atoms with Crippen molar-refractivity contribution >= 4 is 30.2 Å². The normalized spacial score (nSPS) is 11.2. The van der Waals surface area contributed by atoms with E-state index in [1.165, 1.54) is 0 Å². The van der Waals surface area contributed by atoms with Gasteiger partial charge < -0.3 is 9.47 Å².